The standard InChI is InChI=1S/C8H13N2.3C4H9.Sn/c1-4-8(7-9)10(5-2)6-3;3*1-3-4-2;/h5-6H2,1-3H3;3*1,3-4H2,2H3;. The van der Waals surface area contributed by atoms with E-state index in [4.69, 9.17) is 0 Å². The minimum absolute atomic E-state index is 0.952. The van der Waals surface area contributed by atoms with Crippen LogP contribution in [0.25, 0.3) is 0 Å². The van der Waals surface area contributed by atoms with E-state index in [9.17, 15) is 5.26 Å². The Morgan fingerprint density at radius 2 is 1.22 bits per heavy atom. The Balaban J connectivity index is 5.84. The molecule has 0 heterocycles. The van der Waals surface area contributed by atoms with Crippen molar-refractivity contribution in [1.29, 1.82) is 5.26 Å². The second-order valence-electron chi connectivity index (χ2n) is 6.85. The minimum atomic E-state index is -2.43. The van der Waals surface area contributed by atoms with Gasteiger partial charge in [-0.25, -0.2) is 0 Å². The van der Waals surface area contributed by atoms with E-state index in [0.717, 1.165) is 18.8 Å². The number of nitriles is 1. The van der Waals surface area contributed by atoms with Crippen molar-refractivity contribution in [2.45, 2.75) is 93.4 Å². The van der Waals surface area contributed by atoms with Crippen LogP contribution in [0.2, 0.25) is 13.3 Å². The van der Waals surface area contributed by atoms with Crippen LogP contribution in [0.3, 0.4) is 0 Å². The summed E-state index contributed by atoms with van der Waals surface area (Å²) in [7, 11) is 0. The molecule has 0 aromatic heterocycles. The summed E-state index contributed by atoms with van der Waals surface area (Å²) in [5.41, 5.74) is 1.04. The van der Waals surface area contributed by atoms with Crippen LogP contribution in [-0.4, -0.2) is 36.4 Å². The summed E-state index contributed by atoms with van der Waals surface area (Å²) in [5, 5.41) is 9.85. The molecule has 0 unspecified atom stereocenters. The summed E-state index contributed by atoms with van der Waals surface area (Å²) in [6.07, 6.45) is 7.94. The summed E-state index contributed by atoms with van der Waals surface area (Å²) >= 11 is -2.43. The molecule has 0 aromatic rings. The zero-order chi connectivity index (χ0) is 17.7. The molecule has 2 nitrogen and oxygen atoms in total. The number of rotatable bonds is 13. The fraction of sp³-hybridized carbons (Fsp3) is 0.850. The molecule has 0 bridgehead atoms. The summed E-state index contributed by atoms with van der Waals surface area (Å²) in [6, 6.07) is 2.60. The van der Waals surface area contributed by atoms with E-state index in [1.165, 1.54) is 51.8 Å². The van der Waals surface area contributed by atoms with Crippen LogP contribution in [-0.2, 0) is 0 Å². The molecular formula is C20H40N2Sn. The summed E-state index contributed by atoms with van der Waals surface area (Å²) < 4.78 is 5.91. The Kier molecular flexibility index (Phi) is 13.1. The second kappa shape index (κ2) is 13.2. The normalized spacial score (nSPS) is 12.7. The Bertz CT molecular complexity index is 356. The molecule has 0 rings (SSSR count). The molecule has 0 amide bonds. The first-order chi connectivity index (χ1) is 11.1. The maximum absolute atomic E-state index is 9.85. The van der Waals surface area contributed by atoms with E-state index in [0.29, 0.717) is 0 Å². The van der Waals surface area contributed by atoms with E-state index in [1.807, 2.05) is 0 Å². The van der Waals surface area contributed by atoms with Gasteiger partial charge in [-0.15, -0.1) is 0 Å². The van der Waals surface area contributed by atoms with Gasteiger partial charge in [0.1, 0.15) is 0 Å². The van der Waals surface area contributed by atoms with Gasteiger partial charge in [-0.2, -0.15) is 0 Å². The third-order valence-corrected chi connectivity index (χ3v) is 21.8. The van der Waals surface area contributed by atoms with Crippen molar-refractivity contribution in [2.75, 3.05) is 13.1 Å². The Morgan fingerprint density at radius 3 is 1.48 bits per heavy atom. The van der Waals surface area contributed by atoms with Gasteiger partial charge in [-0.05, 0) is 0 Å². The summed E-state index contributed by atoms with van der Waals surface area (Å²) in [4.78, 5) is 2.30. The SMILES string of the molecule is CCC[CH2][Sn]([CH2]CCC)([CH2]CCC)/[C](C)=C(\C#N)N(CC)CC. The fourth-order valence-corrected chi connectivity index (χ4v) is 19.9. The molecule has 0 N–H and O–H groups in total. The van der Waals surface area contributed by atoms with Crippen LogP contribution in [0.4, 0.5) is 0 Å². The first-order valence-electron chi connectivity index (χ1n) is 9.93. The molecule has 0 atom stereocenters. The van der Waals surface area contributed by atoms with Crippen molar-refractivity contribution >= 4 is 18.4 Å². The van der Waals surface area contributed by atoms with E-state index in [2.05, 4.69) is 52.5 Å². The average Bonchev–Trinajstić information content (AvgIpc) is 2.58. The number of unbranched alkanes of at least 4 members (excludes halogenated alkanes) is 3. The summed E-state index contributed by atoms with van der Waals surface area (Å²) in [5.74, 6) is 0. The van der Waals surface area contributed by atoms with Gasteiger partial charge in [0.2, 0.25) is 0 Å². The molecule has 3 heteroatoms. The summed E-state index contributed by atoms with van der Waals surface area (Å²) in [6.45, 7) is 15.5. The quantitative estimate of drug-likeness (QED) is 0.247. The molecule has 0 saturated heterocycles. The molecule has 0 aliphatic carbocycles. The van der Waals surface area contributed by atoms with Crippen LogP contribution in [0.5, 0.6) is 0 Å². The van der Waals surface area contributed by atoms with Crippen molar-refractivity contribution in [3.05, 3.63) is 9.29 Å². The molecule has 23 heavy (non-hydrogen) atoms. The topological polar surface area (TPSA) is 27.0 Å². The van der Waals surface area contributed by atoms with Crippen LogP contribution in [0.15, 0.2) is 9.29 Å². The van der Waals surface area contributed by atoms with E-state index in [1.54, 1.807) is 3.59 Å². The second-order valence-corrected chi connectivity index (χ2v) is 20.6. The molecule has 0 saturated carbocycles. The monoisotopic (exact) mass is 428 g/mol. The number of nitrogens with zero attached hydrogens (tertiary/aromatic N) is 2. The van der Waals surface area contributed by atoms with Crippen LogP contribution < -0.4 is 0 Å². The molecule has 134 valence electrons. The van der Waals surface area contributed by atoms with E-state index < -0.39 is 18.4 Å². The molecule has 0 radical (unpaired) electrons. The average molecular weight is 427 g/mol. The van der Waals surface area contributed by atoms with Gasteiger partial charge in [-0.1, -0.05) is 0 Å². The fourth-order valence-electron chi connectivity index (χ4n) is 3.67. The maximum atomic E-state index is 9.85. The van der Waals surface area contributed by atoms with Gasteiger partial charge in [-0.3, -0.25) is 0 Å². The van der Waals surface area contributed by atoms with Gasteiger partial charge in [0.15, 0.2) is 0 Å². The predicted molar refractivity (Wildman–Crippen MR) is 106 cm³/mol. The van der Waals surface area contributed by atoms with E-state index in [-0.39, 0.29) is 0 Å². The Labute approximate surface area is 150 Å². The molecule has 0 spiro atoms. The van der Waals surface area contributed by atoms with Crippen LogP contribution in [0.1, 0.15) is 80.1 Å². The predicted octanol–water partition coefficient (Wildman–Crippen LogP) is 6.51. The van der Waals surface area contributed by atoms with Crippen molar-refractivity contribution < 1.29 is 0 Å². The van der Waals surface area contributed by atoms with Gasteiger partial charge in [0.25, 0.3) is 0 Å². The zero-order valence-corrected chi connectivity index (χ0v) is 19.5. The Morgan fingerprint density at radius 1 is 0.826 bits per heavy atom. The van der Waals surface area contributed by atoms with Crippen LogP contribution >= 0.6 is 0 Å². The third kappa shape index (κ3) is 7.08. The van der Waals surface area contributed by atoms with E-state index >= 15 is 0 Å². The number of hydrogen-bond acceptors (Lipinski definition) is 2. The molecule has 0 aliphatic rings. The first-order valence-corrected chi connectivity index (χ1v) is 17.4. The van der Waals surface area contributed by atoms with Crippen molar-refractivity contribution in [3.8, 4) is 6.07 Å². The molecular weight excluding hydrogens is 387 g/mol. The molecule has 0 fully saturated rings. The van der Waals surface area contributed by atoms with Crippen molar-refractivity contribution in [3.63, 3.8) is 0 Å². The Hall–Kier alpha value is -0.171. The van der Waals surface area contributed by atoms with Gasteiger partial charge in [0.05, 0.1) is 0 Å². The van der Waals surface area contributed by atoms with Gasteiger partial charge < -0.3 is 0 Å². The molecule has 0 aliphatic heterocycles. The van der Waals surface area contributed by atoms with Crippen molar-refractivity contribution in [2.24, 2.45) is 0 Å². The zero-order valence-electron chi connectivity index (χ0n) is 16.7. The van der Waals surface area contributed by atoms with Crippen molar-refractivity contribution in [1.82, 2.24) is 4.90 Å². The third-order valence-electron chi connectivity index (χ3n) is 5.36. The van der Waals surface area contributed by atoms with Gasteiger partial charge in [0, 0.05) is 0 Å². The molecule has 0 aromatic carbocycles. The van der Waals surface area contributed by atoms with Crippen LogP contribution in [0, 0.1) is 11.3 Å². The number of allylic oxidation sites excluding steroid dienone is 2. The first kappa shape index (κ1) is 22.8. The number of hydrogen-bond donors (Lipinski definition) is 0. The van der Waals surface area contributed by atoms with Gasteiger partial charge >= 0.3 is 150 Å².